The lowest BCUT2D eigenvalue weighted by atomic mass is 10.1. The molecule has 1 N–H and O–H groups in total. The number of nitrogens with one attached hydrogen (secondary N) is 1. The fourth-order valence-corrected chi connectivity index (χ4v) is 2.20. The summed E-state index contributed by atoms with van der Waals surface area (Å²) in [5, 5.41) is 3.43. The maximum atomic E-state index is 5.09. The molecule has 0 aromatic heterocycles. The van der Waals surface area contributed by atoms with Gasteiger partial charge in [0.15, 0.2) is 0 Å². The summed E-state index contributed by atoms with van der Waals surface area (Å²) in [6, 6.07) is 8.89. The Hall–Kier alpha value is -1.06. The van der Waals surface area contributed by atoms with Crippen molar-refractivity contribution in [3.8, 4) is 0 Å². The molecule has 0 bridgehead atoms. The molecule has 0 spiro atoms. The van der Waals surface area contributed by atoms with Crippen molar-refractivity contribution < 1.29 is 4.74 Å². The van der Waals surface area contributed by atoms with Crippen LogP contribution in [0.5, 0.6) is 0 Å². The minimum Gasteiger partial charge on any atom is -0.384 e. The SMILES string of the molecule is COCCc1ccc(N2CCCNCC2)cc1. The first-order valence-corrected chi connectivity index (χ1v) is 6.44. The Morgan fingerprint density at radius 1 is 1.18 bits per heavy atom. The average molecular weight is 234 g/mol. The Morgan fingerprint density at radius 3 is 2.76 bits per heavy atom. The van der Waals surface area contributed by atoms with E-state index < -0.39 is 0 Å². The highest BCUT2D eigenvalue weighted by Gasteiger charge is 2.08. The van der Waals surface area contributed by atoms with Crippen LogP contribution in [0.1, 0.15) is 12.0 Å². The van der Waals surface area contributed by atoms with E-state index in [2.05, 4.69) is 34.5 Å². The van der Waals surface area contributed by atoms with Gasteiger partial charge in [0, 0.05) is 32.4 Å². The molecule has 94 valence electrons. The monoisotopic (exact) mass is 234 g/mol. The summed E-state index contributed by atoms with van der Waals surface area (Å²) >= 11 is 0. The fourth-order valence-electron chi connectivity index (χ4n) is 2.20. The first-order valence-electron chi connectivity index (χ1n) is 6.44. The van der Waals surface area contributed by atoms with E-state index in [1.54, 1.807) is 7.11 Å². The number of nitrogens with zero attached hydrogens (tertiary/aromatic N) is 1. The maximum absolute atomic E-state index is 5.09. The number of rotatable bonds is 4. The maximum Gasteiger partial charge on any atom is 0.0502 e. The van der Waals surface area contributed by atoms with Gasteiger partial charge in [-0.25, -0.2) is 0 Å². The molecule has 3 heteroatoms. The highest BCUT2D eigenvalue weighted by molar-refractivity contribution is 5.47. The van der Waals surface area contributed by atoms with Crippen molar-refractivity contribution in [3.63, 3.8) is 0 Å². The molecule has 0 amide bonds. The molecule has 1 saturated heterocycles. The van der Waals surface area contributed by atoms with Crippen molar-refractivity contribution in [2.45, 2.75) is 12.8 Å². The van der Waals surface area contributed by atoms with Gasteiger partial charge in [-0.15, -0.1) is 0 Å². The predicted octanol–water partition coefficient (Wildman–Crippen LogP) is 1.68. The first-order chi connectivity index (χ1) is 8.40. The smallest absolute Gasteiger partial charge is 0.0502 e. The Bertz CT molecular complexity index is 315. The van der Waals surface area contributed by atoms with Gasteiger partial charge in [-0.2, -0.15) is 0 Å². The van der Waals surface area contributed by atoms with Crippen molar-refractivity contribution >= 4 is 5.69 Å². The van der Waals surface area contributed by atoms with Crippen LogP contribution in [0, 0.1) is 0 Å². The summed E-state index contributed by atoms with van der Waals surface area (Å²) in [6.45, 7) is 5.29. The number of hydrogen-bond donors (Lipinski definition) is 1. The van der Waals surface area contributed by atoms with Crippen molar-refractivity contribution in [2.24, 2.45) is 0 Å². The molecule has 0 radical (unpaired) electrons. The number of ether oxygens (including phenoxy) is 1. The zero-order valence-electron chi connectivity index (χ0n) is 10.6. The van der Waals surface area contributed by atoms with Crippen LogP contribution in [0.2, 0.25) is 0 Å². The van der Waals surface area contributed by atoms with Gasteiger partial charge in [0.25, 0.3) is 0 Å². The summed E-state index contributed by atoms with van der Waals surface area (Å²) in [4.78, 5) is 2.46. The van der Waals surface area contributed by atoms with Crippen molar-refractivity contribution in [1.82, 2.24) is 5.32 Å². The van der Waals surface area contributed by atoms with Crippen LogP contribution in [-0.2, 0) is 11.2 Å². The van der Waals surface area contributed by atoms with Crippen LogP contribution >= 0.6 is 0 Å². The zero-order valence-corrected chi connectivity index (χ0v) is 10.6. The Morgan fingerprint density at radius 2 is 2.00 bits per heavy atom. The predicted molar refractivity (Wildman–Crippen MR) is 71.7 cm³/mol. The molecule has 1 aliphatic rings. The average Bonchev–Trinajstić information content (AvgIpc) is 2.66. The summed E-state index contributed by atoms with van der Waals surface area (Å²) in [7, 11) is 1.75. The molecule has 17 heavy (non-hydrogen) atoms. The molecule has 1 aromatic rings. The number of benzene rings is 1. The third-order valence-electron chi connectivity index (χ3n) is 3.24. The summed E-state index contributed by atoms with van der Waals surface area (Å²) in [6.07, 6.45) is 2.23. The van der Waals surface area contributed by atoms with Gasteiger partial charge in [-0.3, -0.25) is 0 Å². The molecule has 0 saturated carbocycles. The van der Waals surface area contributed by atoms with Crippen LogP contribution in [0.3, 0.4) is 0 Å². The van der Waals surface area contributed by atoms with Gasteiger partial charge in [0.05, 0.1) is 6.61 Å². The molecular weight excluding hydrogens is 212 g/mol. The molecule has 0 unspecified atom stereocenters. The molecule has 1 heterocycles. The van der Waals surface area contributed by atoms with E-state index in [4.69, 9.17) is 4.74 Å². The Kier molecular flexibility index (Phi) is 4.83. The number of anilines is 1. The second kappa shape index (κ2) is 6.62. The largest absolute Gasteiger partial charge is 0.384 e. The van der Waals surface area contributed by atoms with Crippen LogP contribution in [0.25, 0.3) is 0 Å². The number of hydrogen-bond acceptors (Lipinski definition) is 3. The minimum absolute atomic E-state index is 0.799. The highest BCUT2D eigenvalue weighted by atomic mass is 16.5. The Balaban J connectivity index is 1.96. The van der Waals surface area contributed by atoms with Gasteiger partial charge in [-0.05, 0) is 37.1 Å². The second-order valence-corrected chi connectivity index (χ2v) is 4.50. The standard InChI is InChI=1S/C14H22N2O/c1-17-12-7-13-3-5-14(6-4-13)16-10-2-8-15-9-11-16/h3-6,15H,2,7-12H2,1H3. The summed E-state index contributed by atoms with van der Waals surface area (Å²) in [5.74, 6) is 0. The van der Waals surface area contributed by atoms with E-state index in [-0.39, 0.29) is 0 Å². The minimum atomic E-state index is 0.799. The number of methoxy groups -OCH3 is 1. The molecule has 2 rings (SSSR count). The second-order valence-electron chi connectivity index (χ2n) is 4.50. The van der Waals surface area contributed by atoms with Gasteiger partial charge in [0.2, 0.25) is 0 Å². The molecule has 3 nitrogen and oxygen atoms in total. The van der Waals surface area contributed by atoms with Gasteiger partial charge in [0.1, 0.15) is 0 Å². The van der Waals surface area contributed by atoms with Gasteiger partial charge < -0.3 is 15.0 Å². The first kappa shape index (κ1) is 12.4. The third kappa shape index (κ3) is 3.72. The molecule has 0 aliphatic carbocycles. The van der Waals surface area contributed by atoms with Gasteiger partial charge in [-0.1, -0.05) is 12.1 Å². The van der Waals surface area contributed by atoms with E-state index in [0.717, 1.165) is 39.2 Å². The van der Waals surface area contributed by atoms with E-state index in [1.165, 1.54) is 17.7 Å². The molecule has 0 atom stereocenters. The normalized spacial score (nSPS) is 16.9. The van der Waals surface area contributed by atoms with E-state index in [0.29, 0.717) is 0 Å². The summed E-state index contributed by atoms with van der Waals surface area (Å²) < 4.78 is 5.09. The van der Waals surface area contributed by atoms with Crippen molar-refractivity contribution in [3.05, 3.63) is 29.8 Å². The van der Waals surface area contributed by atoms with E-state index in [9.17, 15) is 0 Å². The molecular formula is C14H22N2O. The lowest BCUT2D eigenvalue weighted by molar-refractivity contribution is 0.202. The third-order valence-corrected chi connectivity index (χ3v) is 3.24. The fraction of sp³-hybridized carbons (Fsp3) is 0.571. The molecule has 1 aliphatic heterocycles. The lowest BCUT2D eigenvalue weighted by Gasteiger charge is -2.22. The van der Waals surface area contributed by atoms with E-state index >= 15 is 0 Å². The molecule has 1 aromatic carbocycles. The highest BCUT2D eigenvalue weighted by Crippen LogP contribution is 2.16. The van der Waals surface area contributed by atoms with Crippen LogP contribution in [0.15, 0.2) is 24.3 Å². The zero-order chi connectivity index (χ0) is 11.9. The van der Waals surface area contributed by atoms with Crippen molar-refractivity contribution in [2.75, 3.05) is 44.8 Å². The Labute approximate surface area is 104 Å². The van der Waals surface area contributed by atoms with E-state index in [1.807, 2.05) is 0 Å². The quantitative estimate of drug-likeness (QED) is 0.858. The molecule has 1 fully saturated rings. The van der Waals surface area contributed by atoms with Crippen molar-refractivity contribution in [1.29, 1.82) is 0 Å². The van der Waals surface area contributed by atoms with Crippen LogP contribution in [0.4, 0.5) is 5.69 Å². The van der Waals surface area contributed by atoms with Gasteiger partial charge >= 0.3 is 0 Å². The lowest BCUT2D eigenvalue weighted by Crippen LogP contribution is -2.27. The van der Waals surface area contributed by atoms with Crippen LogP contribution < -0.4 is 10.2 Å². The van der Waals surface area contributed by atoms with Crippen LogP contribution in [-0.4, -0.2) is 39.9 Å². The summed E-state index contributed by atoms with van der Waals surface area (Å²) in [5.41, 5.74) is 2.69. The topological polar surface area (TPSA) is 24.5 Å².